The van der Waals surface area contributed by atoms with Gasteiger partial charge >= 0.3 is 5.97 Å². The zero-order valence-electron chi connectivity index (χ0n) is 17.9. The number of nitriles is 2. The Morgan fingerprint density at radius 2 is 2.10 bits per heavy atom. The van der Waals surface area contributed by atoms with Crippen LogP contribution in [0.15, 0.2) is 11.6 Å². The molecule has 2 aromatic rings. The minimum Gasteiger partial charge on any atom is -0.451 e. The maximum atomic E-state index is 12.4. The first-order valence-electron chi connectivity index (χ1n) is 10.2. The Hall–Kier alpha value is -3.36. The summed E-state index contributed by atoms with van der Waals surface area (Å²) >= 11 is 1.40. The number of esters is 1. The fraction of sp³-hybridized carbons (Fsp3) is 0.391. The summed E-state index contributed by atoms with van der Waals surface area (Å²) in [6, 6.07) is 5.93. The van der Waals surface area contributed by atoms with Crippen LogP contribution in [0.2, 0.25) is 0 Å². The first-order chi connectivity index (χ1) is 14.9. The molecule has 7 nitrogen and oxygen atoms in total. The molecule has 3 rings (SSSR count). The van der Waals surface area contributed by atoms with Crippen LogP contribution < -0.4 is 5.32 Å². The number of aryl methyl sites for hydroxylation is 2. The van der Waals surface area contributed by atoms with E-state index in [1.54, 1.807) is 0 Å². The smallest absolute Gasteiger partial charge is 0.349 e. The van der Waals surface area contributed by atoms with Crippen molar-refractivity contribution in [1.82, 2.24) is 4.57 Å². The number of anilines is 1. The number of aromatic nitrogens is 1. The van der Waals surface area contributed by atoms with Crippen molar-refractivity contribution in [2.24, 2.45) is 0 Å². The van der Waals surface area contributed by atoms with Crippen LogP contribution in [0.4, 0.5) is 5.00 Å². The number of hydrogen-bond acceptors (Lipinski definition) is 6. The van der Waals surface area contributed by atoms with Gasteiger partial charge in [0.15, 0.2) is 6.61 Å². The van der Waals surface area contributed by atoms with Crippen molar-refractivity contribution < 1.29 is 14.3 Å². The number of nitrogens with zero attached hydrogens (tertiary/aromatic N) is 3. The number of thiophene rings is 1. The molecule has 0 fully saturated rings. The van der Waals surface area contributed by atoms with Crippen LogP contribution in [0.5, 0.6) is 0 Å². The normalized spacial score (nSPS) is 12.7. The van der Waals surface area contributed by atoms with Gasteiger partial charge in [-0.3, -0.25) is 4.79 Å². The Kier molecular flexibility index (Phi) is 6.94. The summed E-state index contributed by atoms with van der Waals surface area (Å²) in [5, 5.41) is 22.0. The third-order valence-corrected chi connectivity index (χ3v) is 6.53. The summed E-state index contributed by atoms with van der Waals surface area (Å²) in [5.41, 5.74) is 4.12. The first kappa shape index (κ1) is 22.3. The number of carbonyl (C=O) groups excluding carboxylic acids is 2. The standard InChI is InChI=1S/C23H24N4O3S/c1-4-8-27-14(2)9-16(15(27)3)10-17(11-24)23(29)30-13-21(28)26-22-19(12-25)18-6-5-7-20(18)31-22/h9-10H,4-8,13H2,1-3H3,(H,26,28). The second-order valence-corrected chi connectivity index (χ2v) is 8.55. The molecular weight excluding hydrogens is 412 g/mol. The average Bonchev–Trinajstić information content (AvgIpc) is 3.39. The highest BCUT2D eigenvalue weighted by molar-refractivity contribution is 7.16. The predicted octanol–water partition coefficient (Wildman–Crippen LogP) is 4.03. The van der Waals surface area contributed by atoms with Crippen LogP contribution in [0.3, 0.4) is 0 Å². The third-order valence-electron chi connectivity index (χ3n) is 5.32. The maximum absolute atomic E-state index is 12.4. The molecule has 0 saturated heterocycles. The van der Waals surface area contributed by atoms with E-state index in [4.69, 9.17) is 4.74 Å². The molecule has 1 aliphatic rings. The lowest BCUT2D eigenvalue weighted by Crippen LogP contribution is -2.21. The Morgan fingerprint density at radius 3 is 2.77 bits per heavy atom. The lowest BCUT2D eigenvalue weighted by atomic mass is 10.1. The van der Waals surface area contributed by atoms with E-state index in [1.807, 2.05) is 26.0 Å². The lowest BCUT2D eigenvalue weighted by molar-refractivity contribution is -0.142. The zero-order chi connectivity index (χ0) is 22.5. The number of ether oxygens (including phenoxy) is 1. The number of nitrogens with one attached hydrogen (secondary N) is 1. The van der Waals surface area contributed by atoms with E-state index in [0.29, 0.717) is 10.6 Å². The third kappa shape index (κ3) is 4.70. The Labute approximate surface area is 185 Å². The SMILES string of the molecule is CCCn1c(C)cc(C=C(C#N)C(=O)OCC(=O)Nc2sc3c(c2C#N)CCC3)c1C. The van der Waals surface area contributed by atoms with Crippen LogP contribution >= 0.6 is 11.3 Å². The fourth-order valence-corrected chi connectivity index (χ4v) is 5.07. The Balaban J connectivity index is 1.65. The molecule has 2 heterocycles. The number of hydrogen-bond donors (Lipinski definition) is 1. The maximum Gasteiger partial charge on any atom is 0.349 e. The molecule has 0 bridgehead atoms. The van der Waals surface area contributed by atoms with Crippen molar-refractivity contribution in [3.05, 3.63) is 44.6 Å². The summed E-state index contributed by atoms with van der Waals surface area (Å²) in [5.74, 6) is -1.39. The monoisotopic (exact) mass is 436 g/mol. The topological polar surface area (TPSA) is 108 Å². The van der Waals surface area contributed by atoms with E-state index >= 15 is 0 Å². The van der Waals surface area contributed by atoms with Gasteiger partial charge in [0, 0.05) is 22.8 Å². The molecule has 1 amide bonds. The van der Waals surface area contributed by atoms with Crippen molar-refractivity contribution in [3.63, 3.8) is 0 Å². The molecule has 0 atom stereocenters. The van der Waals surface area contributed by atoms with E-state index in [0.717, 1.165) is 59.6 Å². The summed E-state index contributed by atoms with van der Waals surface area (Å²) in [6.07, 6.45) is 5.24. The van der Waals surface area contributed by atoms with Gasteiger partial charge in [-0.25, -0.2) is 4.79 Å². The molecule has 1 N–H and O–H groups in total. The minimum absolute atomic E-state index is 0.169. The van der Waals surface area contributed by atoms with Crippen molar-refractivity contribution in [2.75, 3.05) is 11.9 Å². The summed E-state index contributed by atoms with van der Waals surface area (Å²) in [6.45, 7) is 6.33. The summed E-state index contributed by atoms with van der Waals surface area (Å²) in [7, 11) is 0. The van der Waals surface area contributed by atoms with Crippen LogP contribution in [0, 0.1) is 36.5 Å². The van der Waals surface area contributed by atoms with E-state index in [1.165, 1.54) is 17.4 Å². The van der Waals surface area contributed by atoms with E-state index in [9.17, 15) is 20.1 Å². The highest BCUT2D eigenvalue weighted by atomic mass is 32.1. The van der Waals surface area contributed by atoms with Crippen LogP contribution in [-0.2, 0) is 33.7 Å². The van der Waals surface area contributed by atoms with E-state index in [-0.39, 0.29) is 5.57 Å². The second kappa shape index (κ2) is 9.63. The van der Waals surface area contributed by atoms with Gasteiger partial charge in [-0.2, -0.15) is 10.5 Å². The van der Waals surface area contributed by atoms with Gasteiger partial charge in [0.25, 0.3) is 5.91 Å². The zero-order valence-corrected chi connectivity index (χ0v) is 18.7. The molecule has 0 aliphatic heterocycles. The molecule has 0 unspecified atom stereocenters. The molecule has 160 valence electrons. The summed E-state index contributed by atoms with van der Waals surface area (Å²) in [4.78, 5) is 25.7. The molecule has 31 heavy (non-hydrogen) atoms. The van der Waals surface area contributed by atoms with Gasteiger partial charge in [0.1, 0.15) is 22.7 Å². The quantitative estimate of drug-likeness (QED) is 0.401. The molecule has 1 aliphatic carbocycles. The molecule has 8 heteroatoms. The fourth-order valence-electron chi connectivity index (χ4n) is 3.82. The molecule has 0 aromatic carbocycles. The largest absolute Gasteiger partial charge is 0.451 e. The van der Waals surface area contributed by atoms with Gasteiger partial charge in [-0.05, 0) is 62.8 Å². The van der Waals surface area contributed by atoms with Gasteiger partial charge in [0.05, 0.1) is 5.56 Å². The predicted molar refractivity (Wildman–Crippen MR) is 118 cm³/mol. The van der Waals surface area contributed by atoms with Crippen LogP contribution in [-0.4, -0.2) is 23.1 Å². The highest BCUT2D eigenvalue weighted by Gasteiger charge is 2.23. The van der Waals surface area contributed by atoms with Gasteiger partial charge in [0.2, 0.25) is 0 Å². The Bertz CT molecular complexity index is 1140. The number of amides is 1. The molecule has 2 aromatic heterocycles. The Morgan fingerprint density at radius 1 is 1.32 bits per heavy atom. The van der Waals surface area contributed by atoms with Crippen molar-refractivity contribution >= 4 is 34.3 Å². The number of carbonyl (C=O) groups is 2. The molecule has 0 saturated carbocycles. The van der Waals surface area contributed by atoms with E-state index < -0.39 is 18.5 Å². The van der Waals surface area contributed by atoms with Gasteiger partial charge in [-0.1, -0.05) is 6.92 Å². The minimum atomic E-state index is -0.855. The lowest BCUT2D eigenvalue weighted by Gasteiger charge is -2.07. The molecule has 0 radical (unpaired) electrons. The van der Waals surface area contributed by atoms with Crippen molar-refractivity contribution in [2.45, 2.75) is 53.0 Å². The van der Waals surface area contributed by atoms with Gasteiger partial charge < -0.3 is 14.6 Å². The molecule has 0 spiro atoms. The highest BCUT2D eigenvalue weighted by Crippen LogP contribution is 2.38. The van der Waals surface area contributed by atoms with Crippen molar-refractivity contribution in [3.8, 4) is 12.1 Å². The van der Waals surface area contributed by atoms with Crippen LogP contribution in [0.1, 0.15) is 52.7 Å². The van der Waals surface area contributed by atoms with Crippen molar-refractivity contribution in [1.29, 1.82) is 10.5 Å². The van der Waals surface area contributed by atoms with E-state index in [2.05, 4.69) is 22.9 Å². The molecular formula is C23H24N4O3S. The average molecular weight is 437 g/mol. The number of rotatable bonds is 7. The van der Waals surface area contributed by atoms with Gasteiger partial charge in [-0.15, -0.1) is 11.3 Å². The second-order valence-electron chi connectivity index (χ2n) is 7.45. The van der Waals surface area contributed by atoms with Crippen LogP contribution in [0.25, 0.3) is 6.08 Å². The first-order valence-corrected chi connectivity index (χ1v) is 11.0. The number of fused-ring (bicyclic) bond motifs is 1. The summed E-state index contributed by atoms with van der Waals surface area (Å²) < 4.78 is 7.18.